The second kappa shape index (κ2) is 12.8. The summed E-state index contributed by atoms with van der Waals surface area (Å²) in [6.07, 6.45) is 0.606. The quantitative estimate of drug-likeness (QED) is 0.399. The number of amides is 2. The van der Waals surface area contributed by atoms with E-state index in [4.69, 9.17) is 23.2 Å². The van der Waals surface area contributed by atoms with E-state index >= 15 is 0 Å². The summed E-state index contributed by atoms with van der Waals surface area (Å²) >= 11 is 12.0. The molecule has 39 heavy (non-hydrogen) atoms. The summed E-state index contributed by atoms with van der Waals surface area (Å²) in [5.41, 5.74) is -1.11. The molecular formula is C26H30Cl2F3N3O4S. The fourth-order valence-corrected chi connectivity index (χ4v) is 5.72. The molecule has 1 saturated carbocycles. The molecule has 0 aliphatic heterocycles. The molecule has 0 aromatic heterocycles. The van der Waals surface area contributed by atoms with E-state index in [1.54, 1.807) is 24.3 Å². The van der Waals surface area contributed by atoms with Crippen LogP contribution < -0.4 is 9.62 Å². The van der Waals surface area contributed by atoms with Gasteiger partial charge in [0, 0.05) is 17.6 Å². The van der Waals surface area contributed by atoms with Crippen molar-refractivity contribution < 1.29 is 31.2 Å². The van der Waals surface area contributed by atoms with Gasteiger partial charge in [0.1, 0.15) is 12.6 Å². The average Bonchev–Trinajstić information content (AvgIpc) is 2.86. The van der Waals surface area contributed by atoms with Gasteiger partial charge < -0.3 is 10.2 Å². The number of carbonyl (C=O) groups excluding carboxylic acids is 2. The van der Waals surface area contributed by atoms with Gasteiger partial charge in [-0.25, -0.2) is 8.42 Å². The minimum atomic E-state index is -4.85. The predicted octanol–water partition coefficient (Wildman–Crippen LogP) is 5.64. The molecule has 0 heterocycles. The number of hydrogen-bond acceptors (Lipinski definition) is 4. The van der Waals surface area contributed by atoms with Crippen LogP contribution in [0, 0.1) is 0 Å². The Morgan fingerprint density at radius 3 is 2.28 bits per heavy atom. The standard InChI is InChI=1S/C26H30Cl2F3N3O4S/c1-17(25(36)32-19-9-4-3-5-10-19)33(15-18-8-6-7-11-22(18)27)24(35)16-34(39(2,37)38)20-12-13-23(28)21(14-20)26(29,30)31/h6-8,11-14,17,19H,3-5,9-10,15-16H2,1-2H3,(H,32,36). The summed E-state index contributed by atoms with van der Waals surface area (Å²) in [6.45, 7) is 0.550. The lowest BCUT2D eigenvalue weighted by atomic mass is 9.95. The van der Waals surface area contributed by atoms with Gasteiger partial charge in [0.25, 0.3) is 0 Å². The van der Waals surface area contributed by atoms with Crippen LogP contribution in [0.4, 0.5) is 18.9 Å². The maximum Gasteiger partial charge on any atom is 0.417 e. The fourth-order valence-electron chi connectivity index (χ4n) is 4.46. The van der Waals surface area contributed by atoms with E-state index in [0.717, 1.165) is 50.5 Å². The molecule has 0 radical (unpaired) electrons. The van der Waals surface area contributed by atoms with Crippen molar-refractivity contribution in [2.75, 3.05) is 17.1 Å². The molecule has 2 amide bonds. The number of nitrogens with one attached hydrogen (secondary N) is 1. The van der Waals surface area contributed by atoms with Gasteiger partial charge >= 0.3 is 6.18 Å². The minimum absolute atomic E-state index is 0.0339. The highest BCUT2D eigenvalue weighted by molar-refractivity contribution is 7.92. The molecule has 2 aromatic carbocycles. The van der Waals surface area contributed by atoms with Crippen LogP contribution in [0.25, 0.3) is 0 Å². The summed E-state index contributed by atoms with van der Waals surface area (Å²) in [6, 6.07) is 8.20. The Morgan fingerprint density at radius 2 is 1.69 bits per heavy atom. The first-order chi connectivity index (χ1) is 18.2. The van der Waals surface area contributed by atoms with E-state index in [1.807, 2.05) is 0 Å². The SMILES string of the molecule is CC(C(=O)NC1CCCCC1)N(Cc1ccccc1Cl)C(=O)CN(c1ccc(Cl)c(C(F)(F)F)c1)S(C)(=O)=O. The Hall–Kier alpha value is -2.50. The molecule has 0 bridgehead atoms. The molecule has 1 aliphatic rings. The summed E-state index contributed by atoms with van der Waals surface area (Å²) < 4.78 is 66.3. The summed E-state index contributed by atoms with van der Waals surface area (Å²) in [5, 5.41) is 2.69. The lowest BCUT2D eigenvalue weighted by molar-refractivity contribution is -0.139. The number of alkyl halides is 3. The monoisotopic (exact) mass is 607 g/mol. The number of carbonyl (C=O) groups is 2. The number of sulfonamides is 1. The maximum absolute atomic E-state index is 13.6. The minimum Gasteiger partial charge on any atom is -0.352 e. The van der Waals surface area contributed by atoms with Crippen LogP contribution in [-0.2, 0) is 32.3 Å². The van der Waals surface area contributed by atoms with Crippen molar-refractivity contribution in [2.24, 2.45) is 0 Å². The summed E-state index contributed by atoms with van der Waals surface area (Å²) in [5.74, 6) is -1.21. The molecule has 1 unspecified atom stereocenters. The first-order valence-electron chi connectivity index (χ1n) is 12.4. The van der Waals surface area contributed by atoms with Gasteiger partial charge in [-0.05, 0) is 49.6 Å². The van der Waals surface area contributed by atoms with Crippen molar-refractivity contribution in [3.8, 4) is 0 Å². The molecule has 1 N–H and O–H groups in total. The highest BCUT2D eigenvalue weighted by Crippen LogP contribution is 2.37. The number of benzene rings is 2. The van der Waals surface area contributed by atoms with Gasteiger partial charge in [-0.1, -0.05) is 60.7 Å². The first-order valence-corrected chi connectivity index (χ1v) is 15.0. The second-order valence-electron chi connectivity index (χ2n) is 9.56. The average molecular weight is 609 g/mol. The van der Waals surface area contributed by atoms with Crippen LogP contribution in [0.15, 0.2) is 42.5 Å². The van der Waals surface area contributed by atoms with E-state index in [0.29, 0.717) is 21.0 Å². The highest BCUT2D eigenvalue weighted by Gasteiger charge is 2.36. The number of hydrogen-bond donors (Lipinski definition) is 1. The van der Waals surface area contributed by atoms with Gasteiger partial charge in [-0.15, -0.1) is 0 Å². The molecule has 0 spiro atoms. The molecule has 214 valence electrons. The summed E-state index contributed by atoms with van der Waals surface area (Å²) in [4.78, 5) is 28.0. The third kappa shape index (κ3) is 8.25. The molecule has 1 fully saturated rings. The normalized spacial score (nSPS) is 15.5. The molecular weight excluding hydrogens is 578 g/mol. The number of rotatable bonds is 9. The largest absolute Gasteiger partial charge is 0.417 e. The zero-order chi connectivity index (χ0) is 29.0. The highest BCUT2D eigenvalue weighted by atomic mass is 35.5. The third-order valence-corrected chi connectivity index (χ3v) is 8.48. The van der Waals surface area contributed by atoms with Crippen LogP contribution in [-0.4, -0.2) is 50.0 Å². The van der Waals surface area contributed by atoms with Crippen LogP contribution in [0.3, 0.4) is 0 Å². The van der Waals surface area contributed by atoms with Crippen LogP contribution in [0.1, 0.15) is 50.2 Å². The Labute approximate surface area is 236 Å². The lowest BCUT2D eigenvalue weighted by Crippen LogP contribution is -2.53. The van der Waals surface area contributed by atoms with Crippen LogP contribution in [0.5, 0.6) is 0 Å². The van der Waals surface area contributed by atoms with Gasteiger partial charge in [0.15, 0.2) is 0 Å². The van der Waals surface area contributed by atoms with Gasteiger partial charge in [-0.2, -0.15) is 13.2 Å². The Kier molecular flexibility index (Phi) is 10.2. The second-order valence-corrected chi connectivity index (χ2v) is 12.3. The van der Waals surface area contributed by atoms with E-state index in [9.17, 15) is 31.2 Å². The lowest BCUT2D eigenvalue weighted by Gasteiger charge is -2.33. The number of anilines is 1. The molecule has 7 nitrogen and oxygen atoms in total. The first kappa shape index (κ1) is 31.0. The molecule has 1 atom stereocenters. The maximum atomic E-state index is 13.6. The van der Waals surface area contributed by atoms with E-state index in [1.165, 1.54) is 11.8 Å². The fraction of sp³-hybridized carbons (Fsp3) is 0.462. The molecule has 0 saturated heterocycles. The van der Waals surface area contributed by atoms with Crippen molar-refractivity contribution >= 4 is 50.7 Å². The topological polar surface area (TPSA) is 86.8 Å². The number of nitrogens with zero attached hydrogens (tertiary/aromatic N) is 2. The molecule has 1 aliphatic carbocycles. The van der Waals surface area contributed by atoms with E-state index < -0.39 is 51.2 Å². The molecule has 13 heteroatoms. The van der Waals surface area contributed by atoms with Crippen molar-refractivity contribution in [1.82, 2.24) is 10.2 Å². The molecule has 3 rings (SSSR count). The van der Waals surface area contributed by atoms with Crippen molar-refractivity contribution in [3.63, 3.8) is 0 Å². The third-order valence-electron chi connectivity index (χ3n) is 6.64. The van der Waals surface area contributed by atoms with Crippen molar-refractivity contribution in [2.45, 2.75) is 63.8 Å². The van der Waals surface area contributed by atoms with Crippen LogP contribution >= 0.6 is 23.2 Å². The number of halogens is 5. The van der Waals surface area contributed by atoms with Crippen LogP contribution in [0.2, 0.25) is 10.0 Å². The Morgan fingerprint density at radius 1 is 1.05 bits per heavy atom. The smallest absolute Gasteiger partial charge is 0.352 e. The zero-order valence-electron chi connectivity index (χ0n) is 21.5. The predicted molar refractivity (Wildman–Crippen MR) is 145 cm³/mol. The van der Waals surface area contributed by atoms with Crippen molar-refractivity contribution in [1.29, 1.82) is 0 Å². The zero-order valence-corrected chi connectivity index (χ0v) is 23.8. The van der Waals surface area contributed by atoms with Crippen molar-refractivity contribution in [3.05, 3.63) is 63.6 Å². The van der Waals surface area contributed by atoms with E-state index in [2.05, 4.69) is 5.32 Å². The molecule has 2 aromatic rings. The van der Waals surface area contributed by atoms with Gasteiger partial charge in [0.2, 0.25) is 21.8 Å². The Balaban J connectivity index is 1.94. The van der Waals surface area contributed by atoms with Gasteiger partial charge in [0.05, 0.1) is 22.5 Å². The van der Waals surface area contributed by atoms with Gasteiger partial charge in [-0.3, -0.25) is 13.9 Å². The van der Waals surface area contributed by atoms with E-state index in [-0.39, 0.29) is 18.3 Å². The Bertz CT molecular complexity index is 1300. The summed E-state index contributed by atoms with van der Waals surface area (Å²) in [7, 11) is -4.22.